The Morgan fingerprint density at radius 1 is 1.17 bits per heavy atom. The van der Waals surface area contributed by atoms with Crippen LogP contribution in [0.3, 0.4) is 0 Å². The molecule has 126 valence electrons. The summed E-state index contributed by atoms with van der Waals surface area (Å²) in [6.07, 6.45) is 2.21. The Hall–Kier alpha value is -2.04. The van der Waals surface area contributed by atoms with E-state index >= 15 is 0 Å². The zero-order valence-corrected chi connectivity index (χ0v) is 14.0. The molecule has 2 rings (SSSR count). The second-order valence-corrected chi connectivity index (χ2v) is 6.57. The van der Waals surface area contributed by atoms with Gasteiger partial charge in [0, 0.05) is 32.1 Å². The van der Waals surface area contributed by atoms with Crippen LogP contribution in [0.25, 0.3) is 0 Å². The van der Waals surface area contributed by atoms with Crippen LogP contribution in [0.15, 0.2) is 30.3 Å². The van der Waals surface area contributed by atoms with Gasteiger partial charge in [-0.1, -0.05) is 44.2 Å². The van der Waals surface area contributed by atoms with E-state index in [1.165, 1.54) is 0 Å². The van der Waals surface area contributed by atoms with E-state index in [1.807, 2.05) is 49.1 Å². The number of benzene rings is 1. The first-order valence-corrected chi connectivity index (χ1v) is 8.40. The van der Waals surface area contributed by atoms with E-state index in [-0.39, 0.29) is 18.0 Å². The van der Waals surface area contributed by atoms with E-state index in [2.05, 4.69) is 10.6 Å². The summed E-state index contributed by atoms with van der Waals surface area (Å²) >= 11 is 0. The molecule has 0 aromatic heterocycles. The molecule has 0 atom stereocenters. The van der Waals surface area contributed by atoms with Gasteiger partial charge in [0.05, 0.1) is 0 Å². The van der Waals surface area contributed by atoms with Crippen LogP contribution in [-0.4, -0.2) is 36.0 Å². The maximum atomic E-state index is 12.2. The number of likely N-dealkylation sites (tertiary alicyclic amines) is 1. The fraction of sp³-hybridized carbons (Fsp3) is 0.556. The molecule has 0 bridgehead atoms. The minimum absolute atomic E-state index is 0.0270. The van der Waals surface area contributed by atoms with Crippen LogP contribution < -0.4 is 10.6 Å². The molecular formula is C18H27N3O2. The topological polar surface area (TPSA) is 61.4 Å². The smallest absolute Gasteiger partial charge is 0.317 e. The summed E-state index contributed by atoms with van der Waals surface area (Å²) in [5.41, 5.74) is 1.09. The fourth-order valence-corrected chi connectivity index (χ4v) is 2.77. The zero-order valence-electron chi connectivity index (χ0n) is 14.0. The molecule has 1 aliphatic rings. The number of amides is 3. The Balaban J connectivity index is 1.69. The van der Waals surface area contributed by atoms with Crippen LogP contribution in [0, 0.1) is 5.92 Å². The van der Waals surface area contributed by atoms with Crippen LogP contribution in [0.2, 0.25) is 0 Å². The molecule has 0 spiro atoms. The lowest BCUT2D eigenvalue weighted by Crippen LogP contribution is -2.49. The van der Waals surface area contributed by atoms with Gasteiger partial charge in [0.15, 0.2) is 0 Å². The largest absolute Gasteiger partial charge is 0.353 e. The number of hydrogen-bond acceptors (Lipinski definition) is 2. The van der Waals surface area contributed by atoms with Gasteiger partial charge in [-0.15, -0.1) is 0 Å². The van der Waals surface area contributed by atoms with E-state index in [0.717, 1.165) is 18.4 Å². The molecule has 1 aromatic carbocycles. The molecule has 2 N–H and O–H groups in total. The number of nitrogens with one attached hydrogen (secondary N) is 2. The number of rotatable bonds is 5. The van der Waals surface area contributed by atoms with Crippen LogP contribution in [0.5, 0.6) is 0 Å². The first kappa shape index (κ1) is 17.3. The maximum Gasteiger partial charge on any atom is 0.317 e. The average molecular weight is 317 g/mol. The second-order valence-electron chi connectivity index (χ2n) is 6.57. The van der Waals surface area contributed by atoms with Gasteiger partial charge in [0.2, 0.25) is 5.91 Å². The number of nitrogens with zero attached hydrogens (tertiary/aromatic N) is 1. The van der Waals surface area contributed by atoms with Crippen LogP contribution in [0.4, 0.5) is 4.79 Å². The van der Waals surface area contributed by atoms with Crippen molar-refractivity contribution in [2.24, 2.45) is 5.92 Å². The summed E-state index contributed by atoms with van der Waals surface area (Å²) in [6.45, 7) is 6.00. The standard InChI is InChI=1S/C18H27N3O2/c1-14(2)12-17(22)20-16-8-10-21(11-9-16)18(23)19-13-15-6-4-3-5-7-15/h3-7,14,16H,8-13H2,1-2H3,(H,19,23)(H,20,22). The van der Waals surface area contributed by atoms with Gasteiger partial charge in [0.25, 0.3) is 0 Å². The summed E-state index contributed by atoms with van der Waals surface area (Å²) in [7, 11) is 0. The summed E-state index contributed by atoms with van der Waals surface area (Å²) in [6, 6.07) is 10.1. The number of hydrogen-bond donors (Lipinski definition) is 2. The first-order chi connectivity index (χ1) is 11.0. The first-order valence-electron chi connectivity index (χ1n) is 8.40. The number of carbonyl (C=O) groups excluding carboxylic acids is 2. The van der Waals surface area contributed by atoms with Crippen molar-refractivity contribution in [3.63, 3.8) is 0 Å². The minimum Gasteiger partial charge on any atom is -0.353 e. The quantitative estimate of drug-likeness (QED) is 0.876. The van der Waals surface area contributed by atoms with E-state index in [0.29, 0.717) is 32.0 Å². The highest BCUT2D eigenvalue weighted by Crippen LogP contribution is 2.11. The molecule has 23 heavy (non-hydrogen) atoms. The Labute approximate surface area is 138 Å². The third kappa shape index (κ3) is 5.93. The third-order valence-corrected chi connectivity index (χ3v) is 4.03. The lowest BCUT2D eigenvalue weighted by molar-refractivity contribution is -0.122. The molecule has 1 saturated heterocycles. The monoisotopic (exact) mass is 317 g/mol. The Kier molecular flexibility index (Phi) is 6.44. The second kappa shape index (κ2) is 8.56. The zero-order chi connectivity index (χ0) is 16.7. The molecule has 0 radical (unpaired) electrons. The van der Waals surface area contributed by atoms with Crippen molar-refractivity contribution in [1.29, 1.82) is 0 Å². The van der Waals surface area contributed by atoms with Gasteiger partial charge in [-0.3, -0.25) is 4.79 Å². The Bertz CT molecular complexity index is 508. The summed E-state index contributed by atoms with van der Waals surface area (Å²) < 4.78 is 0. The van der Waals surface area contributed by atoms with Crippen LogP contribution >= 0.6 is 0 Å². The Morgan fingerprint density at radius 3 is 2.43 bits per heavy atom. The van der Waals surface area contributed by atoms with Crippen molar-refractivity contribution in [2.45, 2.75) is 45.7 Å². The summed E-state index contributed by atoms with van der Waals surface area (Å²) in [5.74, 6) is 0.492. The SMILES string of the molecule is CC(C)CC(=O)NC1CCN(C(=O)NCc2ccccc2)CC1. The highest BCUT2D eigenvalue weighted by Gasteiger charge is 2.23. The van der Waals surface area contributed by atoms with Crippen molar-refractivity contribution in [3.8, 4) is 0 Å². The third-order valence-electron chi connectivity index (χ3n) is 4.03. The van der Waals surface area contributed by atoms with Crippen molar-refractivity contribution >= 4 is 11.9 Å². The number of carbonyl (C=O) groups is 2. The highest BCUT2D eigenvalue weighted by atomic mass is 16.2. The number of urea groups is 1. The molecule has 3 amide bonds. The normalized spacial score (nSPS) is 15.5. The predicted octanol–water partition coefficient (Wildman–Crippen LogP) is 2.52. The lowest BCUT2D eigenvalue weighted by atomic mass is 10.0. The molecule has 1 aliphatic heterocycles. The van der Waals surface area contributed by atoms with Crippen molar-refractivity contribution in [1.82, 2.24) is 15.5 Å². The van der Waals surface area contributed by atoms with Crippen molar-refractivity contribution in [2.75, 3.05) is 13.1 Å². The van der Waals surface area contributed by atoms with Gasteiger partial charge < -0.3 is 15.5 Å². The molecule has 0 saturated carbocycles. The highest BCUT2D eigenvalue weighted by molar-refractivity contribution is 5.76. The van der Waals surface area contributed by atoms with Gasteiger partial charge in [-0.05, 0) is 24.3 Å². The van der Waals surface area contributed by atoms with Crippen LogP contribution in [-0.2, 0) is 11.3 Å². The molecule has 1 heterocycles. The predicted molar refractivity (Wildman–Crippen MR) is 90.9 cm³/mol. The van der Waals surface area contributed by atoms with E-state index in [9.17, 15) is 9.59 Å². The van der Waals surface area contributed by atoms with Crippen molar-refractivity contribution < 1.29 is 9.59 Å². The molecule has 1 fully saturated rings. The maximum absolute atomic E-state index is 12.2. The molecule has 0 aliphatic carbocycles. The molecule has 1 aromatic rings. The molecule has 5 heteroatoms. The molecular weight excluding hydrogens is 290 g/mol. The van der Waals surface area contributed by atoms with E-state index < -0.39 is 0 Å². The van der Waals surface area contributed by atoms with Gasteiger partial charge >= 0.3 is 6.03 Å². The molecule has 0 unspecified atom stereocenters. The van der Waals surface area contributed by atoms with Gasteiger partial charge in [-0.2, -0.15) is 0 Å². The Morgan fingerprint density at radius 2 is 1.83 bits per heavy atom. The van der Waals surface area contributed by atoms with Gasteiger partial charge in [-0.25, -0.2) is 4.79 Å². The average Bonchev–Trinajstić information content (AvgIpc) is 2.53. The van der Waals surface area contributed by atoms with E-state index in [1.54, 1.807) is 0 Å². The number of piperidine rings is 1. The summed E-state index contributed by atoms with van der Waals surface area (Å²) in [5, 5.41) is 6.02. The molecule has 5 nitrogen and oxygen atoms in total. The van der Waals surface area contributed by atoms with Gasteiger partial charge in [0.1, 0.15) is 0 Å². The summed E-state index contributed by atoms with van der Waals surface area (Å²) in [4.78, 5) is 25.8. The fourth-order valence-electron chi connectivity index (χ4n) is 2.77. The van der Waals surface area contributed by atoms with Crippen molar-refractivity contribution in [3.05, 3.63) is 35.9 Å². The van der Waals surface area contributed by atoms with E-state index in [4.69, 9.17) is 0 Å². The van der Waals surface area contributed by atoms with Crippen LogP contribution in [0.1, 0.15) is 38.7 Å². The minimum atomic E-state index is -0.0270. The lowest BCUT2D eigenvalue weighted by Gasteiger charge is -2.32.